The minimum atomic E-state index is -1.44. The van der Waals surface area contributed by atoms with Crippen LogP contribution in [0.5, 0.6) is 5.75 Å². The van der Waals surface area contributed by atoms with Gasteiger partial charge in [0, 0.05) is 48.3 Å². The van der Waals surface area contributed by atoms with Crippen molar-refractivity contribution >= 4 is 46.5 Å². The van der Waals surface area contributed by atoms with Gasteiger partial charge in [-0.2, -0.15) is 0 Å². The van der Waals surface area contributed by atoms with E-state index in [0.717, 1.165) is 27.6 Å². The predicted molar refractivity (Wildman–Crippen MR) is 267 cm³/mol. The molecule has 0 spiro atoms. The van der Waals surface area contributed by atoms with Crippen molar-refractivity contribution in [1.29, 1.82) is 0 Å². The lowest BCUT2D eigenvalue weighted by Gasteiger charge is -2.27. The van der Waals surface area contributed by atoms with Crippen molar-refractivity contribution in [1.82, 2.24) is 41.5 Å². The van der Waals surface area contributed by atoms with E-state index < -0.39 is 65.8 Å². The van der Waals surface area contributed by atoms with Gasteiger partial charge in [-0.25, -0.2) is 9.78 Å². The third kappa shape index (κ3) is 15.4. The standard InChI is InChI=1S/C54H57N9O9/c1-35(49(55)64)59-50(65)46(26-40-28-57-44-20-12-11-19-43(40)44)61-53(68)48(33-70-30-37-13-5-2-6-14-37)62-51(66)45(25-36-21-23-42(24-22-36)71-31-38-15-7-3-8-16-38)60-52(67)47(27-41-29-56-34-58-41)63-54(69)72-32-39-17-9-4-10-18-39/h2-24,28-29,34-35,45-48,57H,25-27,30-33H2,1H3,(H2,55,64)(H,56,58)(H,59,65)(H,60,67)(H,61,68)(H,62,66)(H,63,69)/t35-,45+,46-,47+,48+/m0/s1. The molecule has 18 nitrogen and oxygen atoms in total. The molecular weight excluding hydrogens is 919 g/mol. The van der Waals surface area contributed by atoms with Gasteiger partial charge in [-0.05, 0) is 52.9 Å². The normalized spacial score (nSPS) is 13.1. The number of primary amides is 1. The third-order valence-electron chi connectivity index (χ3n) is 11.6. The molecule has 7 rings (SSSR count). The summed E-state index contributed by atoms with van der Waals surface area (Å²) in [5.41, 5.74) is 10.6. The van der Waals surface area contributed by atoms with Crippen molar-refractivity contribution < 1.29 is 43.0 Å². The first kappa shape index (κ1) is 51.1. The largest absolute Gasteiger partial charge is 0.489 e. The van der Waals surface area contributed by atoms with Gasteiger partial charge in [0.1, 0.15) is 49.2 Å². The topological polar surface area (TPSA) is 261 Å². The molecule has 0 fully saturated rings. The van der Waals surface area contributed by atoms with E-state index in [1.165, 1.54) is 19.4 Å². The van der Waals surface area contributed by atoms with E-state index in [1.807, 2.05) is 91.0 Å². The first-order valence-electron chi connectivity index (χ1n) is 23.3. The van der Waals surface area contributed by atoms with E-state index in [1.54, 1.807) is 54.7 Å². The monoisotopic (exact) mass is 975 g/mol. The second-order valence-electron chi connectivity index (χ2n) is 17.0. The van der Waals surface area contributed by atoms with Crippen molar-refractivity contribution in [3.8, 4) is 5.75 Å². The average Bonchev–Trinajstić information content (AvgIpc) is 4.08. The van der Waals surface area contributed by atoms with Crippen LogP contribution in [0.3, 0.4) is 0 Å². The number of nitrogens with two attached hydrogens (primary N) is 1. The number of benzene rings is 5. The van der Waals surface area contributed by atoms with Crippen molar-refractivity contribution in [2.75, 3.05) is 6.61 Å². The maximum Gasteiger partial charge on any atom is 0.408 e. The highest BCUT2D eigenvalue weighted by atomic mass is 16.5. The van der Waals surface area contributed by atoms with Gasteiger partial charge >= 0.3 is 6.09 Å². The number of rotatable bonds is 25. The molecule has 0 aliphatic carbocycles. The van der Waals surface area contributed by atoms with Crippen LogP contribution in [-0.2, 0) is 72.5 Å². The zero-order valence-electron chi connectivity index (χ0n) is 39.5. The van der Waals surface area contributed by atoms with E-state index in [4.69, 9.17) is 19.9 Å². The fourth-order valence-corrected chi connectivity index (χ4v) is 7.62. The van der Waals surface area contributed by atoms with Gasteiger partial charge < -0.3 is 56.5 Å². The number of fused-ring (bicyclic) bond motifs is 1. The lowest BCUT2D eigenvalue weighted by atomic mass is 10.0. The first-order chi connectivity index (χ1) is 35.0. The number of aromatic amines is 2. The lowest BCUT2D eigenvalue weighted by molar-refractivity contribution is -0.135. The summed E-state index contributed by atoms with van der Waals surface area (Å²) in [5.74, 6) is -3.25. The molecule has 0 aliphatic rings. The van der Waals surface area contributed by atoms with Gasteiger partial charge in [-0.3, -0.25) is 24.0 Å². The molecule has 2 heterocycles. The van der Waals surface area contributed by atoms with E-state index in [0.29, 0.717) is 29.2 Å². The molecule has 18 heteroatoms. The molecule has 72 heavy (non-hydrogen) atoms. The lowest BCUT2D eigenvalue weighted by Crippen LogP contribution is -2.60. The highest BCUT2D eigenvalue weighted by Gasteiger charge is 2.33. The molecule has 0 unspecified atom stereocenters. The summed E-state index contributed by atoms with van der Waals surface area (Å²) < 4.78 is 17.5. The third-order valence-corrected chi connectivity index (χ3v) is 11.6. The van der Waals surface area contributed by atoms with Crippen LogP contribution in [-0.4, -0.2) is 87.4 Å². The molecule has 9 N–H and O–H groups in total. The molecule has 6 amide bonds. The number of imidazole rings is 1. The molecule has 5 atom stereocenters. The first-order valence-corrected chi connectivity index (χ1v) is 23.3. The Balaban J connectivity index is 1.15. The molecule has 0 saturated heterocycles. The fraction of sp³-hybridized carbons (Fsp3) is 0.241. The molecule has 7 aromatic rings. The van der Waals surface area contributed by atoms with Crippen molar-refractivity contribution in [3.05, 3.63) is 192 Å². The Hall–Kier alpha value is -8.77. The SMILES string of the molecule is C[C@H](NC(=O)[C@H](Cc1c[nH]c2ccccc12)NC(=O)[C@@H](COCc1ccccc1)NC(=O)[C@@H](Cc1ccc(OCc2ccccc2)cc1)NC(=O)[C@@H](Cc1cnc[nH]1)NC(=O)OCc1ccccc1)C(N)=O. The van der Waals surface area contributed by atoms with E-state index >= 15 is 0 Å². The molecule has 5 aromatic carbocycles. The summed E-state index contributed by atoms with van der Waals surface area (Å²) in [6.07, 6.45) is 3.63. The zero-order valence-corrected chi connectivity index (χ0v) is 39.5. The predicted octanol–water partition coefficient (Wildman–Crippen LogP) is 4.45. The number of carbonyl (C=O) groups is 6. The van der Waals surface area contributed by atoms with Crippen LogP contribution in [0.1, 0.15) is 40.4 Å². The van der Waals surface area contributed by atoms with Crippen LogP contribution in [0.4, 0.5) is 4.79 Å². The molecule has 0 aliphatic heterocycles. The van der Waals surface area contributed by atoms with Crippen molar-refractivity contribution in [2.45, 2.75) is 76.2 Å². The van der Waals surface area contributed by atoms with Crippen LogP contribution in [0, 0.1) is 0 Å². The Bertz CT molecular complexity index is 2860. The number of H-pyrrole nitrogens is 2. The van der Waals surface area contributed by atoms with Gasteiger partial charge in [0.25, 0.3) is 0 Å². The van der Waals surface area contributed by atoms with Gasteiger partial charge in [0.2, 0.25) is 29.5 Å². The minimum absolute atomic E-state index is 0.0130. The molecule has 0 bridgehead atoms. The number of nitrogens with zero attached hydrogens (tertiary/aromatic N) is 1. The van der Waals surface area contributed by atoms with Crippen molar-refractivity contribution in [3.63, 3.8) is 0 Å². The fourth-order valence-electron chi connectivity index (χ4n) is 7.62. The highest BCUT2D eigenvalue weighted by Crippen LogP contribution is 2.20. The van der Waals surface area contributed by atoms with Crippen LogP contribution < -0.4 is 37.1 Å². The molecular formula is C54H57N9O9. The van der Waals surface area contributed by atoms with E-state index in [9.17, 15) is 28.8 Å². The summed E-state index contributed by atoms with van der Waals surface area (Å²) in [7, 11) is 0. The Morgan fingerprint density at radius 2 is 1.10 bits per heavy atom. The summed E-state index contributed by atoms with van der Waals surface area (Å²) in [6.45, 7) is 1.39. The quantitative estimate of drug-likeness (QED) is 0.0399. The highest BCUT2D eigenvalue weighted by molar-refractivity contribution is 5.97. The molecule has 0 radical (unpaired) electrons. The number of amides is 6. The summed E-state index contributed by atoms with van der Waals surface area (Å²) in [6, 6.07) is 35.9. The van der Waals surface area contributed by atoms with Gasteiger partial charge in [0.05, 0.1) is 19.5 Å². The number of ether oxygens (including phenoxy) is 3. The van der Waals surface area contributed by atoms with Gasteiger partial charge in [-0.15, -0.1) is 0 Å². The van der Waals surface area contributed by atoms with Crippen LogP contribution in [0.2, 0.25) is 0 Å². The second kappa shape index (κ2) is 25.7. The number of hydrogen-bond acceptors (Lipinski definition) is 10. The number of carbonyl (C=O) groups excluding carboxylic acids is 6. The van der Waals surface area contributed by atoms with Crippen LogP contribution in [0.25, 0.3) is 10.9 Å². The smallest absolute Gasteiger partial charge is 0.408 e. The number of para-hydroxylation sites is 1. The second-order valence-corrected chi connectivity index (χ2v) is 17.0. The number of nitrogens with one attached hydrogen (secondary N) is 7. The number of hydrogen-bond donors (Lipinski definition) is 8. The molecule has 0 saturated carbocycles. The molecule has 372 valence electrons. The number of aromatic nitrogens is 3. The van der Waals surface area contributed by atoms with E-state index in [2.05, 4.69) is 41.5 Å². The summed E-state index contributed by atoms with van der Waals surface area (Å²) >= 11 is 0. The van der Waals surface area contributed by atoms with Gasteiger partial charge in [0.15, 0.2) is 0 Å². The maximum atomic E-state index is 14.8. The van der Waals surface area contributed by atoms with E-state index in [-0.39, 0.29) is 39.1 Å². The summed E-state index contributed by atoms with van der Waals surface area (Å²) in [5, 5.41) is 14.4. The number of alkyl carbamates (subject to hydrolysis) is 1. The van der Waals surface area contributed by atoms with Crippen LogP contribution >= 0.6 is 0 Å². The Kier molecular flexibility index (Phi) is 18.3. The maximum absolute atomic E-state index is 14.8. The average molecular weight is 976 g/mol. The van der Waals surface area contributed by atoms with Crippen LogP contribution in [0.15, 0.2) is 158 Å². The molecule has 2 aromatic heterocycles. The Morgan fingerprint density at radius 3 is 1.72 bits per heavy atom. The Morgan fingerprint density at radius 1 is 0.556 bits per heavy atom. The zero-order chi connectivity index (χ0) is 50.7. The van der Waals surface area contributed by atoms with Crippen molar-refractivity contribution in [2.24, 2.45) is 5.73 Å². The summed E-state index contributed by atoms with van der Waals surface area (Å²) in [4.78, 5) is 93.1. The Labute approximate surface area is 415 Å². The minimum Gasteiger partial charge on any atom is -0.489 e. The van der Waals surface area contributed by atoms with Gasteiger partial charge in [-0.1, -0.05) is 121 Å².